The normalized spacial score (nSPS) is 22.4. The Morgan fingerprint density at radius 2 is 2.00 bits per heavy atom. The van der Waals surface area contributed by atoms with Gasteiger partial charge in [0.1, 0.15) is 12.4 Å². The summed E-state index contributed by atoms with van der Waals surface area (Å²) in [5.41, 5.74) is -0.0849. The first-order valence-electron chi connectivity index (χ1n) is 6.45. The Hall–Kier alpha value is 0.471. The second kappa shape index (κ2) is 7.65. The Kier molecular flexibility index (Phi) is 7.08. The number of halogens is 3. The molecule has 0 aliphatic carbocycles. The minimum atomic E-state index is -4.95. The standard InChI is InChI=1S/C13H17BF3O2.K/c1-9-7-11(14(15,16)17)4-6-13(9)18-8-12-5-3-10(2)19-12;/h4,6-7,10,12H,3,5,8H2,1-2H3;/q-1;+1. The van der Waals surface area contributed by atoms with Gasteiger partial charge in [-0.15, -0.1) is 5.46 Å². The van der Waals surface area contributed by atoms with Crippen molar-refractivity contribution in [3.8, 4) is 5.75 Å². The molecular formula is C13H17BF3KO2. The van der Waals surface area contributed by atoms with Crippen molar-refractivity contribution in [3.05, 3.63) is 23.8 Å². The molecule has 0 bridgehead atoms. The van der Waals surface area contributed by atoms with E-state index < -0.39 is 12.4 Å². The van der Waals surface area contributed by atoms with Crippen LogP contribution in [0, 0.1) is 6.92 Å². The van der Waals surface area contributed by atoms with Gasteiger partial charge in [0, 0.05) is 0 Å². The molecule has 0 aromatic heterocycles. The minimum absolute atomic E-state index is 0. The average molecular weight is 312 g/mol. The molecule has 1 aliphatic rings. The fourth-order valence-electron chi connectivity index (χ4n) is 2.23. The van der Waals surface area contributed by atoms with E-state index >= 15 is 0 Å². The quantitative estimate of drug-likeness (QED) is 0.729. The second-order valence-corrected chi connectivity index (χ2v) is 5.06. The third kappa shape index (κ3) is 5.03. The first-order valence-corrected chi connectivity index (χ1v) is 6.45. The minimum Gasteiger partial charge on any atom is -0.491 e. The van der Waals surface area contributed by atoms with Crippen LogP contribution in [0.5, 0.6) is 5.75 Å². The van der Waals surface area contributed by atoms with E-state index in [2.05, 4.69) is 0 Å². The van der Waals surface area contributed by atoms with Crippen LogP contribution in [0.3, 0.4) is 0 Å². The molecule has 2 nitrogen and oxygen atoms in total. The summed E-state index contributed by atoms with van der Waals surface area (Å²) < 4.78 is 48.9. The molecule has 1 aromatic carbocycles. The molecule has 2 atom stereocenters. The van der Waals surface area contributed by atoms with Crippen LogP contribution in [-0.2, 0) is 4.74 Å². The zero-order valence-electron chi connectivity index (χ0n) is 12.0. The Morgan fingerprint density at radius 1 is 1.30 bits per heavy atom. The fourth-order valence-corrected chi connectivity index (χ4v) is 2.23. The van der Waals surface area contributed by atoms with Gasteiger partial charge in [0.05, 0.1) is 12.2 Å². The molecule has 1 heterocycles. The van der Waals surface area contributed by atoms with Crippen LogP contribution >= 0.6 is 0 Å². The number of aryl methyl sites for hydroxylation is 1. The van der Waals surface area contributed by atoms with Gasteiger partial charge >= 0.3 is 58.4 Å². The maximum Gasteiger partial charge on any atom is 1.00 e. The molecule has 0 radical (unpaired) electrons. The Bertz CT molecular complexity index is 454. The van der Waals surface area contributed by atoms with Crippen molar-refractivity contribution < 1.29 is 73.8 Å². The van der Waals surface area contributed by atoms with E-state index in [9.17, 15) is 12.9 Å². The van der Waals surface area contributed by atoms with Gasteiger partial charge in [0.15, 0.2) is 0 Å². The van der Waals surface area contributed by atoms with E-state index in [0.29, 0.717) is 17.9 Å². The summed E-state index contributed by atoms with van der Waals surface area (Å²) in [6.45, 7) is -0.928. The Balaban J connectivity index is 0.00000200. The molecule has 106 valence electrons. The van der Waals surface area contributed by atoms with E-state index in [1.807, 2.05) is 6.92 Å². The van der Waals surface area contributed by atoms with Crippen molar-refractivity contribution in [2.75, 3.05) is 6.61 Å². The molecule has 0 N–H and O–H groups in total. The number of benzene rings is 1. The van der Waals surface area contributed by atoms with Crippen molar-refractivity contribution >= 4 is 12.4 Å². The Morgan fingerprint density at radius 3 is 2.50 bits per heavy atom. The maximum atomic E-state index is 12.6. The summed E-state index contributed by atoms with van der Waals surface area (Å²) in [7, 11) is 0. The molecule has 0 spiro atoms. The van der Waals surface area contributed by atoms with Crippen molar-refractivity contribution in [1.82, 2.24) is 0 Å². The molecular weight excluding hydrogens is 295 g/mol. The number of hydrogen-bond acceptors (Lipinski definition) is 2. The predicted molar refractivity (Wildman–Crippen MR) is 69.0 cm³/mol. The smallest absolute Gasteiger partial charge is 0.491 e. The summed E-state index contributed by atoms with van der Waals surface area (Å²) in [6, 6.07) is 3.59. The van der Waals surface area contributed by atoms with E-state index in [0.717, 1.165) is 25.0 Å². The molecule has 2 unspecified atom stereocenters. The predicted octanol–water partition coefficient (Wildman–Crippen LogP) is -0.000280. The average Bonchev–Trinajstić information content (AvgIpc) is 2.72. The molecule has 1 aliphatic heterocycles. The van der Waals surface area contributed by atoms with Crippen molar-refractivity contribution in [1.29, 1.82) is 0 Å². The van der Waals surface area contributed by atoms with Crippen LogP contribution in [0.2, 0.25) is 0 Å². The maximum absolute atomic E-state index is 12.6. The zero-order chi connectivity index (χ0) is 14.0. The van der Waals surface area contributed by atoms with Gasteiger partial charge < -0.3 is 22.4 Å². The van der Waals surface area contributed by atoms with E-state index in [1.54, 1.807) is 6.92 Å². The molecule has 0 saturated carbocycles. The molecule has 1 saturated heterocycles. The summed E-state index contributed by atoms with van der Waals surface area (Å²) in [4.78, 5) is 0. The topological polar surface area (TPSA) is 18.5 Å². The first kappa shape index (κ1) is 18.5. The van der Waals surface area contributed by atoms with Crippen LogP contribution in [-0.4, -0.2) is 25.8 Å². The van der Waals surface area contributed by atoms with Gasteiger partial charge in [0.25, 0.3) is 0 Å². The van der Waals surface area contributed by atoms with Crippen LogP contribution < -0.4 is 61.6 Å². The van der Waals surface area contributed by atoms with E-state index in [-0.39, 0.29) is 63.6 Å². The monoisotopic (exact) mass is 312 g/mol. The molecule has 0 amide bonds. The number of hydrogen-bond donors (Lipinski definition) is 0. The van der Waals surface area contributed by atoms with Crippen LogP contribution in [0.15, 0.2) is 18.2 Å². The van der Waals surface area contributed by atoms with Crippen LogP contribution in [0.25, 0.3) is 0 Å². The summed E-state index contributed by atoms with van der Waals surface area (Å²) in [5.74, 6) is 0.493. The number of ether oxygens (including phenoxy) is 2. The van der Waals surface area contributed by atoms with Gasteiger partial charge in [-0.05, 0) is 38.3 Å². The van der Waals surface area contributed by atoms with E-state index in [1.165, 1.54) is 6.07 Å². The van der Waals surface area contributed by atoms with Crippen molar-refractivity contribution in [3.63, 3.8) is 0 Å². The summed E-state index contributed by atoms with van der Waals surface area (Å²) >= 11 is 0. The van der Waals surface area contributed by atoms with Gasteiger partial charge in [0.2, 0.25) is 0 Å². The van der Waals surface area contributed by atoms with Crippen molar-refractivity contribution in [2.45, 2.75) is 38.9 Å². The molecule has 20 heavy (non-hydrogen) atoms. The molecule has 2 rings (SSSR count). The second-order valence-electron chi connectivity index (χ2n) is 5.06. The fraction of sp³-hybridized carbons (Fsp3) is 0.538. The van der Waals surface area contributed by atoms with Gasteiger partial charge in [-0.25, -0.2) is 0 Å². The first-order chi connectivity index (χ1) is 8.86. The third-order valence-corrected chi connectivity index (χ3v) is 3.32. The van der Waals surface area contributed by atoms with Crippen LogP contribution in [0.1, 0.15) is 25.3 Å². The van der Waals surface area contributed by atoms with Crippen molar-refractivity contribution in [2.24, 2.45) is 0 Å². The SMILES string of the molecule is Cc1cc([B-](F)(F)F)ccc1OCC1CCC(C)O1.[K+]. The largest absolute Gasteiger partial charge is 1.00 e. The summed E-state index contributed by atoms with van der Waals surface area (Å²) in [5, 5.41) is 0. The molecule has 1 aromatic rings. The van der Waals surface area contributed by atoms with Gasteiger partial charge in [-0.1, -0.05) is 12.1 Å². The number of rotatable bonds is 4. The molecule has 7 heteroatoms. The summed E-state index contributed by atoms with van der Waals surface area (Å²) in [6.07, 6.45) is 2.22. The van der Waals surface area contributed by atoms with Gasteiger partial charge in [-0.2, -0.15) is 0 Å². The third-order valence-electron chi connectivity index (χ3n) is 3.32. The Labute approximate surface area is 159 Å². The molecule has 1 fully saturated rings. The zero-order valence-corrected chi connectivity index (χ0v) is 15.2. The van der Waals surface area contributed by atoms with E-state index in [4.69, 9.17) is 9.47 Å². The van der Waals surface area contributed by atoms with Gasteiger partial charge in [-0.3, -0.25) is 0 Å². The van der Waals surface area contributed by atoms with Crippen LogP contribution in [0.4, 0.5) is 12.9 Å².